The molecule has 0 unspecified atom stereocenters. The van der Waals surface area contributed by atoms with Gasteiger partial charge in [-0.2, -0.15) is 0 Å². The van der Waals surface area contributed by atoms with Crippen molar-refractivity contribution in [2.45, 2.75) is 38.1 Å². The van der Waals surface area contributed by atoms with E-state index in [0.29, 0.717) is 16.1 Å². The van der Waals surface area contributed by atoms with Crippen LogP contribution in [0, 0.1) is 0 Å². The van der Waals surface area contributed by atoms with Gasteiger partial charge in [0.15, 0.2) is 0 Å². The fourth-order valence-electron chi connectivity index (χ4n) is 2.79. The number of para-hydroxylation sites is 1. The summed E-state index contributed by atoms with van der Waals surface area (Å²) in [6.45, 7) is 0. The highest BCUT2D eigenvalue weighted by Gasteiger charge is 2.18. The van der Waals surface area contributed by atoms with Crippen molar-refractivity contribution in [1.29, 1.82) is 0 Å². The number of imidazole rings is 1. The van der Waals surface area contributed by atoms with Crippen LogP contribution in [-0.4, -0.2) is 9.55 Å². The van der Waals surface area contributed by atoms with Crippen LogP contribution in [0.3, 0.4) is 0 Å². The van der Waals surface area contributed by atoms with Gasteiger partial charge in [-0.3, -0.25) is 0 Å². The van der Waals surface area contributed by atoms with Crippen LogP contribution in [0.15, 0.2) is 30.6 Å². The predicted molar refractivity (Wildman–Crippen MR) is 84.1 cm³/mol. The summed E-state index contributed by atoms with van der Waals surface area (Å²) in [4.78, 5) is 4.40. The summed E-state index contributed by atoms with van der Waals surface area (Å²) in [5.41, 5.74) is 0.721. The van der Waals surface area contributed by atoms with Crippen molar-refractivity contribution in [2.24, 2.45) is 0 Å². The number of halogens is 2. The zero-order chi connectivity index (χ0) is 13.9. The Bertz CT molecular complexity index is 568. The molecule has 1 saturated carbocycles. The molecule has 1 N–H and O–H groups in total. The van der Waals surface area contributed by atoms with Crippen LogP contribution in [-0.2, 0) is 0 Å². The van der Waals surface area contributed by atoms with Gasteiger partial charge in [-0.15, -0.1) is 0 Å². The second kappa shape index (κ2) is 6.06. The van der Waals surface area contributed by atoms with Crippen LogP contribution in [0.25, 0.3) is 0 Å². The van der Waals surface area contributed by atoms with Crippen LogP contribution >= 0.6 is 23.2 Å². The summed E-state index contributed by atoms with van der Waals surface area (Å²) >= 11 is 12.4. The zero-order valence-electron chi connectivity index (χ0n) is 11.1. The highest BCUT2D eigenvalue weighted by atomic mass is 35.5. The fraction of sp³-hybridized carbons (Fsp3) is 0.400. The molecule has 0 amide bonds. The Hall–Kier alpha value is -1.19. The average molecular weight is 310 g/mol. The van der Waals surface area contributed by atoms with Gasteiger partial charge >= 0.3 is 0 Å². The number of hydrogen-bond donors (Lipinski definition) is 1. The molecule has 106 valence electrons. The number of aromatic nitrogens is 2. The minimum absolute atomic E-state index is 0.523. The van der Waals surface area contributed by atoms with Gasteiger partial charge in [0.1, 0.15) is 0 Å². The normalized spacial score (nSPS) is 16.3. The van der Waals surface area contributed by atoms with E-state index in [0.717, 1.165) is 11.6 Å². The van der Waals surface area contributed by atoms with Crippen LogP contribution in [0.5, 0.6) is 0 Å². The highest BCUT2D eigenvalue weighted by Crippen LogP contribution is 2.35. The van der Waals surface area contributed by atoms with E-state index in [9.17, 15) is 0 Å². The molecule has 20 heavy (non-hydrogen) atoms. The summed E-state index contributed by atoms with van der Waals surface area (Å²) in [6.07, 6.45) is 10.2. The molecule has 0 saturated heterocycles. The molecule has 5 heteroatoms. The van der Waals surface area contributed by atoms with E-state index in [1.165, 1.54) is 32.1 Å². The zero-order valence-corrected chi connectivity index (χ0v) is 12.7. The summed E-state index contributed by atoms with van der Waals surface area (Å²) < 4.78 is 2.21. The van der Waals surface area contributed by atoms with Crippen molar-refractivity contribution >= 4 is 34.8 Å². The van der Waals surface area contributed by atoms with Gasteiger partial charge in [0.25, 0.3) is 0 Å². The van der Waals surface area contributed by atoms with Gasteiger partial charge in [0.2, 0.25) is 5.95 Å². The van der Waals surface area contributed by atoms with Crippen LogP contribution in [0.4, 0.5) is 11.6 Å². The Labute approximate surface area is 128 Å². The number of hydrogen-bond acceptors (Lipinski definition) is 2. The van der Waals surface area contributed by atoms with Gasteiger partial charge < -0.3 is 9.88 Å². The Kier molecular flexibility index (Phi) is 4.18. The molecule has 1 heterocycles. The SMILES string of the molecule is Clc1cccc(Cl)c1Nc1nccn1C1CCCCC1. The van der Waals surface area contributed by atoms with E-state index in [1.807, 2.05) is 30.6 Å². The molecule has 1 aliphatic rings. The molecule has 0 bridgehead atoms. The third-order valence-electron chi connectivity index (χ3n) is 3.84. The molecule has 1 fully saturated rings. The molecule has 1 aromatic heterocycles. The first kappa shape index (κ1) is 13.8. The lowest BCUT2D eigenvalue weighted by Crippen LogP contribution is -2.14. The van der Waals surface area contributed by atoms with E-state index in [1.54, 1.807) is 0 Å². The number of nitrogens with zero attached hydrogens (tertiary/aromatic N) is 2. The van der Waals surface area contributed by atoms with Crippen molar-refractivity contribution in [3.8, 4) is 0 Å². The Morgan fingerprint density at radius 1 is 1.10 bits per heavy atom. The predicted octanol–water partition coefficient (Wildman–Crippen LogP) is 5.44. The first-order valence-corrected chi connectivity index (χ1v) is 7.75. The van der Waals surface area contributed by atoms with Crippen LogP contribution < -0.4 is 5.32 Å². The molecule has 3 rings (SSSR count). The van der Waals surface area contributed by atoms with Crippen molar-refractivity contribution in [1.82, 2.24) is 9.55 Å². The van der Waals surface area contributed by atoms with Gasteiger partial charge in [0.05, 0.1) is 15.7 Å². The molecule has 0 atom stereocenters. The standard InChI is InChI=1S/C15H17Cl2N3/c16-12-7-4-8-13(17)14(12)19-15-18-9-10-20(15)11-5-2-1-3-6-11/h4,7-11H,1-3,5-6H2,(H,18,19). The summed E-state index contributed by atoms with van der Waals surface area (Å²) in [5.74, 6) is 0.812. The maximum absolute atomic E-state index is 6.20. The fourth-order valence-corrected chi connectivity index (χ4v) is 3.28. The molecule has 0 radical (unpaired) electrons. The van der Waals surface area contributed by atoms with E-state index in [2.05, 4.69) is 14.9 Å². The van der Waals surface area contributed by atoms with E-state index in [-0.39, 0.29) is 0 Å². The Morgan fingerprint density at radius 2 is 1.80 bits per heavy atom. The van der Waals surface area contributed by atoms with Crippen molar-refractivity contribution < 1.29 is 0 Å². The topological polar surface area (TPSA) is 29.9 Å². The third kappa shape index (κ3) is 2.79. The van der Waals surface area contributed by atoms with E-state index in [4.69, 9.17) is 23.2 Å². The van der Waals surface area contributed by atoms with Gasteiger partial charge in [-0.25, -0.2) is 4.98 Å². The Morgan fingerprint density at radius 3 is 2.50 bits per heavy atom. The molecule has 2 aromatic rings. The number of rotatable bonds is 3. The maximum atomic E-state index is 6.20. The summed E-state index contributed by atoms with van der Waals surface area (Å²) in [7, 11) is 0. The second-order valence-corrected chi connectivity index (χ2v) is 5.99. The van der Waals surface area contributed by atoms with E-state index < -0.39 is 0 Å². The van der Waals surface area contributed by atoms with Gasteiger partial charge in [-0.1, -0.05) is 48.5 Å². The molecular formula is C15H17Cl2N3. The number of anilines is 2. The molecule has 0 aliphatic heterocycles. The summed E-state index contributed by atoms with van der Waals surface area (Å²) in [6, 6.07) is 6.01. The van der Waals surface area contributed by atoms with Crippen molar-refractivity contribution in [2.75, 3.05) is 5.32 Å². The largest absolute Gasteiger partial charge is 0.323 e. The Balaban J connectivity index is 1.86. The lowest BCUT2D eigenvalue weighted by molar-refractivity contribution is 0.356. The monoisotopic (exact) mass is 309 g/mol. The van der Waals surface area contributed by atoms with Gasteiger partial charge in [0, 0.05) is 18.4 Å². The lowest BCUT2D eigenvalue weighted by Gasteiger charge is -2.25. The molecule has 1 aliphatic carbocycles. The first-order valence-electron chi connectivity index (χ1n) is 6.99. The minimum Gasteiger partial charge on any atom is -0.323 e. The molecule has 1 aromatic carbocycles. The number of benzene rings is 1. The van der Waals surface area contributed by atoms with Crippen LogP contribution in [0.1, 0.15) is 38.1 Å². The first-order chi connectivity index (χ1) is 9.75. The maximum Gasteiger partial charge on any atom is 0.207 e. The van der Waals surface area contributed by atoms with Crippen LogP contribution in [0.2, 0.25) is 10.0 Å². The number of nitrogens with one attached hydrogen (secondary N) is 1. The third-order valence-corrected chi connectivity index (χ3v) is 4.47. The average Bonchev–Trinajstić information content (AvgIpc) is 2.92. The smallest absolute Gasteiger partial charge is 0.207 e. The molecule has 3 nitrogen and oxygen atoms in total. The second-order valence-electron chi connectivity index (χ2n) is 5.17. The van der Waals surface area contributed by atoms with E-state index >= 15 is 0 Å². The molecular weight excluding hydrogens is 293 g/mol. The summed E-state index contributed by atoms with van der Waals surface area (Å²) in [5, 5.41) is 4.49. The van der Waals surface area contributed by atoms with Crippen molar-refractivity contribution in [3.05, 3.63) is 40.6 Å². The molecule has 0 spiro atoms. The quantitative estimate of drug-likeness (QED) is 0.818. The van der Waals surface area contributed by atoms with Crippen molar-refractivity contribution in [3.63, 3.8) is 0 Å². The lowest BCUT2D eigenvalue weighted by atomic mass is 9.95. The van der Waals surface area contributed by atoms with Gasteiger partial charge in [-0.05, 0) is 25.0 Å². The minimum atomic E-state index is 0.523. The highest BCUT2D eigenvalue weighted by molar-refractivity contribution is 6.39.